The maximum absolute atomic E-state index is 11.4. The Morgan fingerprint density at radius 1 is 1.50 bits per heavy atom. The highest BCUT2D eigenvalue weighted by Crippen LogP contribution is 2.21. The molecule has 1 atom stereocenters. The Hall–Kier alpha value is -1.67. The Labute approximate surface area is 108 Å². The molecule has 0 fully saturated rings. The van der Waals surface area contributed by atoms with Gasteiger partial charge in [0.2, 0.25) is 0 Å². The molecule has 18 heavy (non-hydrogen) atoms. The summed E-state index contributed by atoms with van der Waals surface area (Å²) in [6, 6.07) is -2.03. The average Bonchev–Trinajstić information content (AvgIpc) is 2.74. The molecule has 0 aliphatic heterocycles. The molecule has 0 aliphatic carbocycles. The van der Waals surface area contributed by atoms with Crippen molar-refractivity contribution in [3.05, 3.63) is 11.1 Å². The largest absolute Gasteiger partial charge is 0.480 e. The van der Waals surface area contributed by atoms with E-state index in [-0.39, 0.29) is 5.92 Å². The third-order valence-electron chi connectivity index (χ3n) is 2.12. The first kappa shape index (κ1) is 14.4. The van der Waals surface area contributed by atoms with E-state index in [0.29, 0.717) is 5.13 Å². The van der Waals surface area contributed by atoms with Crippen molar-refractivity contribution in [2.45, 2.75) is 25.8 Å². The average molecular weight is 273 g/mol. The fourth-order valence-electron chi connectivity index (χ4n) is 1.09. The van der Waals surface area contributed by atoms with E-state index in [9.17, 15) is 9.59 Å². The number of nitrogens with one attached hydrogen (secondary N) is 2. The minimum absolute atomic E-state index is 0.254. The summed E-state index contributed by atoms with van der Waals surface area (Å²) >= 11 is 1.26. The van der Waals surface area contributed by atoms with Gasteiger partial charge in [-0.1, -0.05) is 13.8 Å². The first-order valence-electron chi connectivity index (χ1n) is 5.30. The lowest BCUT2D eigenvalue weighted by Crippen LogP contribution is -2.45. The number of nitrogens with zero attached hydrogens (tertiary/aromatic N) is 1. The summed E-state index contributed by atoms with van der Waals surface area (Å²) in [5.41, 5.74) is 0.854. The van der Waals surface area contributed by atoms with Crippen molar-refractivity contribution in [1.82, 2.24) is 10.3 Å². The molecule has 0 saturated heterocycles. The molecular formula is C10H15N3O4S. The molecule has 0 aromatic carbocycles. The van der Waals surface area contributed by atoms with Gasteiger partial charge in [0.05, 0.1) is 12.3 Å². The lowest BCUT2D eigenvalue weighted by molar-refractivity contribution is -0.140. The van der Waals surface area contributed by atoms with Gasteiger partial charge >= 0.3 is 12.0 Å². The van der Waals surface area contributed by atoms with Crippen molar-refractivity contribution in [1.29, 1.82) is 0 Å². The highest BCUT2D eigenvalue weighted by Gasteiger charge is 2.19. The Kier molecular flexibility index (Phi) is 5.05. The molecule has 0 saturated carbocycles. The van der Waals surface area contributed by atoms with Gasteiger partial charge in [-0.25, -0.2) is 14.6 Å². The van der Waals surface area contributed by atoms with Gasteiger partial charge in [-0.2, -0.15) is 0 Å². The number of aliphatic hydroxyl groups is 1. The number of anilines is 1. The smallest absolute Gasteiger partial charge is 0.328 e. The lowest BCUT2D eigenvalue weighted by Gasteiger charge is -2.11. The van der Waals surface area contributed by atoms with Crippen molar-refractivity contribution < 1.29 is 19.8 Å². The molecule has 1 aromatic heterocycles. The van der Waals surface area contributed by atoms with Gasteiger partial charge in [0.15, 0.2) is 11.2 Å². The number of aliphatic hydroxyl groups excluding tert-OH is 1. The molecule has 4 N–H and O–H groups in total. The minimum Gasteiger partial charge on any atom is -0.480 e. The maximum atomic E-state index is 11.4. The molecule has 7 nitrogen and oxygen atoms in total. The van der Waals surface area contributed by atoms with Gasteiger partial charge in [-0.3, -0.25) is 5.32 Å². The van der Waals surface area contributed by atoms with Crippen LogP contribution < -0.4 is 10.6 Å². The fraction of sp³-hybridized carbons (Fsp3) is 0.500. The summed E-state index contributed by atoms with van der Waals surface area (Å²) in [5.74, 6) is -1.04. The minimum atomic E-state index is -1.32. The van der Waals surface area contributed by atoms with Crippen LogP contribution in [0.5, 0.6) is 0 Å². The van der Waals surface area contributed by atoms with E-state index in [2.05, 4.69) is 15.6 Å². The first-order chi connectivity index (χ1) is 8.43. The summed E-state index contributed by atoms with van der Waals surface area (Å²) in [6.07, 6.45) is 0. The first-order valence-corrected chi connectivity index (χ1v) is 6.18. The predicted octanol–water partition coefficient (Wildman–Crippen LogP) is 0.834. The van der Waals surface area contributed by atoms with Gasteiger partial charge in [-0.15, -0.1) is 11.3 Å². The number of aliphatic carboxylic acids is 1. The van der Waals surface area contributed by atoms with Gasteiger partial charge in [-0.05, 0) is 5.92 Å². The van der Waals surface area contributed by atoms with Crippen molar-refractivity contribution >= 4 is 28.5 Å². The maximum Gasteiger partial charge on any atom is 0.328 e. The number of amides is 2. The zero-order chi connectivity index (χ0) is 13.7. The number of hydrogen-bond donors (Lipinski definition) is 4. The number of hydrogen-bond acceptors (Lipinski definition) is 5. The van der Waals surface area contributed by atoms with E-state index in [1.165, 1.54) is 11.3 Å². The zero-order valence-electron chi connectivity index (χ0n) is 10.0. The molecule has 2 amide bonds. The highest BCUT2D eigenvalue weighted by molar-refractivity contribution is 7.13. The fourth-order valence-corrected chi connectivity index (χ4v) is 1.95. The molecule has 0 spiro atoms. The summed E-state index contributed by atoms with van der Waals surface area (Å²) in [5, 5.41) is 24.1. The molecule has 0 aliphatic rings. The Morgan fingerprint density at radius 2 is 2.17 bits per heavy atom. The number of rotatable bonds is 5. The van der Waals surface area contributed by atoms with Crippen LogP contribution in [-0.4, -0.2) is 39.8 Å². The molecule has 8 heteroatoms. The van der Waals surface area contributed by atoms with Crippen LogP contribution in [0.1, 0.15) is 25.5 Å². The van der Waals surface area contributed by atoms with Gasteiger partial charge in [0, 0.05) is 5.38 Å². The molecular weight excluding hydrogens is 258 g/mol. The van der Waals surface area contributed by atoms with Crippen molar-refractivity contribution in [2.75, 3.05) is 11.9 Å². The number of carbonyl (C=O) groups is 2. The van der Waals surface area contributed by atoms with Gasteiger partial charge in [0.25, 0.3) is 0 Å². The van der Waals surface area contributed by atoms with Crippen LogP contribution in [0.2, 0.25) is 0 Å². The Bertz CT molecular complexity index is 433. The van der Waals surface area contributed by atoms with Crippen LogP contribution in [0.3, 0.4) is 0 Å². The summed E-state index contributed by atoms with van der Waals surface area (Å²) in [7, 11) is 0. The van der Waals surface area contributed by atoms with E-state index in [1.54, 1.807) is 0 Å². The Morgan fingerprint density at radius 3 is 2.61 bits per heavy atom. The lowest BCUT2D eigenvalue weighted by atomic mass is 10.2. The van der Waals surface area contributed by atoms with Crippen LogP contribution in [0, 0.1) is 0 Å². The second kappa shape index (κ2) is 6.31. The SMILES string of the molecule is CC(C)c1csc(NC(=O)N[C@H](CO)C(=O)O)n1. The van der Waals surface area contributed by atoms with Crippen LogP contribution in [0.25, 0.3) is 0 Å². The Balaban J connectivity index is 2.56. The topological polar surface area (TPSA) is 112 Å². The van der Waals surface area contributed by atoms with Crippen LogP contribution >= 0.6 is 11.3 Å². The molecule has 1 aromatic rings. The third kappa shape index (κ3) is 3.97. The van der Waals surface area contributed by atoms with Crippen molar-refractivity contribution in [3.8, 4) is 0 Å². The quantitative estimate of drug-likeness (QED) is 0.635. The monoisotopic (exact) mass is 273 g/mol. The van der Waals surface area contributed by atoms with Crippen molar-refractivity contribution in [2.24, 2.45) is 0 Å². The molecule has 1 rings (SSSR count). The number of urea groups is 1. The van der Waals surface area contributed by atoms with E-state index in [4.69, 9.17) is 10.2 Å². The highest BCUT2D eigenvalue weighted by atomic mass is 32.1. The summed E-state index contributed by atoms with van der Waals surface area (Å²) in [6.45, 7) is 3.29. The number of carboxylic acid groups (broad SMARTS) is 1. The molecule has 0 radical (unpaired) electrons. The van der Waals surface area contributed by atoms with Crippen LogP contribution in [0.4, 0.5) is 9.93 Å². The molecule has 1 heterocycles. The second-order valence-electron chi connectivity index (χ2n) is 3.90. The molecule has 0 unspecified atom stereocenters. The van der Waals surface area contributed by atoms with E-state index in [1.807, 2.05) is 19.2 Å². The predicted molar refractivity (Wildman–Crippen MR) is 66.9 cm³/mol. The van der Waals surface area contributed by atoms with Crippen molar-refractivity contribution in [3.63, 3.8) is 0 Å². The standard InChI is InChI=1S/C10H15N3O4S/c1-5(2)7-4-18-10(12-7)13-9(17)11-6(3-14)8(15)16/h4-6,14H,3H2,1-2H3,(H,15,16)(H2,11,12,13,17)/t6-/m1/s1. The second-order valence-corrected chi connectivity index (χ2v) is 4.76. The number of aromatic nitrogens is 1. The van der Waals surface area contributed by atoms with Gasteiger partial charge < -0.3 is 15.5 Å². The van der Waals surface area contributed by atoms with Crippen LogP contribution in [-0.2, 0) is 4.79 Å². The molecule has 0 bridgehead atoms. The zero-order valence-corrected chi connectivity index (χ0v) is 10.8. The number of thiazole rings is 1. The molecule has 100 valence electrons. The normalized spacial score (nSPS) is 12.2. The number of carboxylic acids is 1. The van der Waals surface area contributed by atoms with Gasteiger partial charge in [0.1, 0.15) is 0 Å². The summed E-state index contributed by atoms with van der Waals surface area (Å²) in [4.78, 5) is 26.2. The van der Waals surface area contributed by atoms with E-state index < -0.39 is 24.6 Å². The van der Waals surface area contributed by atoms with Crippen LogP contribution in [0.15, 0.2) is 5.38 Å². The number of carbonyl (C=O) groups excluding carboxylic acids is 1. The van der Waals surface area contributed by atoms with E-state index in [0.717, 1.165) is 5.69 Å². The summed E-state index contributed by atoms with van der Waals surface area (Å²) < 4.78 is 0. The third-order valence-corrected chi connectivity index (χ3v) is 2.90. The van der Waals surface area contributed by atoms with E-state index >= 15 is 0 Å².